The summed E-state index contributed by atoms with van der Waals surface area (Å²) in [6.45, 7) is 0. The van der Waals surface area contributed by atoms with Gasteiger partial charge in [-0.3, -0.25) is 4.79 Å². The number of nitrogens with one attached hydrogen (secondary N) is 1. The van der Waals surface area contributed by atoms with Crippen LogP contribution in [0, 0.1) is 0 Å². The van der Waals surface area contributed by atoms with E-state index < -0.39 is 17.6 Å². The normalized spacial score (nSPS) is 11.1. The lowest BCUT2D eigenvalue weighted by molar-refractivity contribution is -0.137. The summed E-state index contributed by atoms with van der Waals surface area (Å²) in [6.07, 6.45) is -4.48. The average Bonchev–Trinajstić information content (AvgIpc) is 2.48. The van der Waals surface area contributed by atoms with Gasteiger partial charge in [0.1, 0.15) is 5.75 Å². The van der Waals surface area contributed by atoms with Crippen LogP contribution in [0.4, 0.5) is 24.5 Å². The van der Waals surface area contributed by atoms with Crippen LogP contribution in [-0.2, 0) is 6.18 Å². The number of anilines is 2. The highest BCUT2D eigenvalue weighted by molar-refractivity contribution is 6.05. The summed E-state index contributed by atoms with van der Waals surface area (Å²) in [6, 6.07) is 9.04. The van der Waals surface area contributed by atoms with E-state index in [1.807, 2.05) is 0 Å². The van der Waals surface area contributed by atoms with Gasteiger partial charge in [-0.15, -0.1) is 0 Å². The second-order valence-corrected chi connectivity index (χ2v) is 4.48. The van der Waals surface area contributed by atoms with E-state index in [1.54, 1.807) is 12.1 Å². The number of rotatable bonds is 3. The molecule has 2 aromatic rings. The molecule has 7 heteroatoms. The molecule has 22 heavy (non-hydrogen) atoms. The second-order valence-electron chi connectivity index (χ2n) is 4.48. The predicted molar refractivity (Wildman–Crippen MR) is 76.8 cm³/mol. The zero-order valence-electron chi connectivity index (χ0n) is 11.6. The van der Waals surface area contributed by atoms with Gasteiger partial charge in [-0.25, -0.2) is 0 Å². The summed E-state index contributed by atoms with van der Waals surface area (Å²) in [5.41, 5.74) is 4.98. The predicted octanol–water partition coefficient (Wildman–Crippen LogP) is 3.55. The van der Waals surface area contributed by atoms with Crippen molar-refractivity contribution in [2.24, 2.45) is 0 Å². The SMILES string of the molecule is COc1ccc(C(=O)Nc2ccc(C(F)(F)F)cc2N)cc1. The number of halogens is 3. The molecule has 1 amide bonds. The number of carbonyl (C=O) groups is 1. The van der Waals surface area contributed by atoms with Crippen molar-refractivity contribution in [3.8, 4) is 5.75 Å². The Morgan fingerprint density at radius 3 is 2.27 bits per heavy atom. The van der Waals surface area contributed by atoms with E-state index in [0.29, 0.717) is 11.3 Å². The van der Waals surface area contributed by atoms with Crippen molar-refractivity contribution in [2.75, 3.05) is 18.2 Å². The number of alkyl halides is 3. The molecular weight excluding hydrogens is 297 g/mol. The Bertz CT molecular complexity index is 682. The van der Waals surface area contributed by atoms with Crippen molar-refractivity contribution in [3.63, 3.8) is 0 Å². The number of hydrogen-bond acceptors (Lipinski definition) is 3. The number of nitrogens with two attached hydrogens (primary N) is 1. The van der Waals surface area contributed by atoms with E-state index in [1.165, 1.54) is 19.2 Å². The van der Waals surface area contributed by atoms with Crippen molar-refractivity contribution in [1.29, 1.82) is 0 Å². The molecule has 0 bridgehead atoms. The van der Waals surface area contributed by atoms with Crippen LogP contribution in [0.25, 0.3) is 0 Å². The van der Waals surface area contributed by atoms with Gasteiger partial charge < -0.3 is 15.8 Å². The van der Waals surface area contributed by atoms with Crippen molar-refractivity contribution < 1.29 is 22.7 Å². The molecule has 0 aliphatic heterocycles. The molecule has 4 nitrogen and oxygen atoms in total. The third-order valence-corrected chi connectivity index (χ3v) is 2.98. The molecule has 0 saturated heterocycles. The average molecular weight is 310 g/mol. The number of benzene rings is 2. The molecular formula is C15H13F3N2O2. The first-order valence-electron chi connectivity index (χ1n) is 6.23. The summed E-state index contributed by atoms with van der Waals surface area (Å²) < 4.78 is 42.6. The van der Waals surface area contributed by atoms with Crippen LogP contribution in [0.3, 0.4) is 0 Å². The first kappa shape index (κ1) is 15.7. The summed E-state index contributed by atoms with van der Waals surface area (Å²) in [7, 11) is 1.50. The molecule has 0 aliphatic rings. The maximum absolute atomic E-state index is 12.5. The van der Waals surface area contributed by atoms with Gasteiger partial charge in [0.2, 0.25) is 0 Å². The van der Waals surface area contributed by atoms with E-state index in [0.717, 1.165) is 18.2 Å². The van der Waals surface area contributed by atoms with E-state index >= 15 is 0 Å². The maximum atomic E-state index is 12.5. The molecule has 116 valence electrons. The van der Waals surface area contributed by atoms with Crippen molar-refractivity contribution >= 4 is 17.3 Å². The quantitative estimate of drug-likeness (QED) is 0.852. The third kappa shape index (κ3) is 3.49. The molecule has 0 unspecified atom stereocenters. The smallest absolute Gasteiger partial charge is 0.416 e. The molecule has 0 aliphatic carbocycles. The Morgan fingerprint density at radius 2 is 1.77 bits per heavy atom. The van der Waals surface area contributed by atoms with Gasteiger partial charge >= 0.3 is 6.18 Å². The Balaban J connectivity index is 2.17. The zero-order valence-corrected chi connectivity index (χ0v) is 11.6. The van der Waals surface area contributed by atoms with Crippen LogP contribution < -0.4 is 15.8 Å². The molecule has 3 N–H and O–H groups in total. The minimum atomic E-state index is -4.48. The highest BCUT2D eigenvalue weighted by Crippen LogP contribution is 2.32. The van der Waals surface area contributed by atoms with Crippen LogP contribution in [0.1, 0.15) is 15.9 Å². The van der Waals surface area contributed by atoms with Crippen molar-refractivity contribution in [2.45, 2.75) is 6.18 Å². The Hall–Kier alpha value is -2.70. The van der Waals surface area contributed by atoms with E-state index in [9.17, 15) is 18.0 Å². The first-order valence-corrected chi connectivity index (χ1v) is 6.23. The highest BCUT2D eigenvalue weighted by atomic mass is 19.4. The first-order chi connectivity index (χ1) is 10.3. The van der Waals surface area contributed by atoms with E-state index in [-0.39, 0.29) is 11.4 Å². The van der Waals surface area contributed by atoms with E-state index in [2.05, 4.69) is 5.32 Å². The van der Waals surface area contributed by atoms with Gasteiger partial charge in [-0.2, -0.15) is 13.2 Å². The summed E-state index contributed by atoms with van der Waals surface area (Å²) in [5, 5.41) is 2.47. The van der Waals surface area contributed by atoms with Crippen molar-refractivity contribution in [3.05, 3.63) is 53.6 Å². The van der Waals surface area contributed by atoms with Crippen LogP contribution in [-0.4, -0.2) is 13.0 Å². The van der Waals surface area contributed by atoms with E-state index in [4.69, 9.17) is 10.5 Å². The fraction of sp³-hybridized carbons (Fsp3) is 0.133. The number of methoxy groups -OCH3 is 1. The van der Waals surface area contributed by atoms with Gasteiger partial charge in [-0.1, -0.05) is 0 Å². The number of nitrogen functional groups attached to an aromatic ring is 1. The lowest BCUT2D eigenvalue weighted by Crippen LogP contribution is -2.14. The monoisotopic (exact) mass is 310 g/mol. The van der Waals surface area contributed by atoms with Crippen LogP contribution in [0.2, 0.25) is 0 Å². The minimum Gasteiger partial charge on any atom is -0.497 e. The molecule has 2 rings (SSSR count). The topological polar surface area (TPSA) is 64.3 Å². The van der Waals surface area contributed by atoms with Gasteiger partial charge in [0.05, 0.1) is 24.0 Å². The van der Waals surface area contributed by atoms with Crippen LogP contribution in [0.15, 0.2) is 42.5 Å². The Kier molecular flexibility index (Phi) is 4.25. The molecule has 0 fully saturated rings. The molecule has 2 aromatic carbocycles. The summed E-state index contributed by atoms with van der Waals surface area (Å²) in [5.74, 6) is 0.111. The molecule has 0 atom stereocenters. The third-order valence-electron chi connectivity index (χ3n) is 2.98. The Labute approximate surface area is 124 Å². The molecule has 0 saturated carbocycles. The lowest BCUT2D eigenvalue weighted by Gasteiger charge is -2.12. The van der Waals surface area contributed by atoms with Crippen LogP contribution >= 0.6 is 0 Å². The highest BCUT2D eigenvalue weighted by Gasteiger charge is 2.30. The number of hydrogen-bond donors (Lipinski definition) is 2. The largest absolute Gasteiger partial charge is 0.497 e. The molecule has 0 spiro atoms. The van der Waals surface area contributed by atoms with Gasteiger partial charge in [0.25, 0.3) is 5.91 Å². The number of ether oxygens (including phenoxy) is 1. The van der Waals surface area contributed by atoms with Crippen LogP contribution in [0.5, 0.6) is 5.75 Å². The zero-order chi connectivity index (χ0) is 16.3. The molecule has 0 radical (unpaired) electrons. The lowest BCUT2D eigenvalue weighted by atomic mass is 10.1. The van der Waals surface area contributed by atoms with Gasteiger partial charge in [0, 0.05) is 5.56 Å². The van der Waals surface area contributed by atoms with Gasteiger partial charge in [0.15, 0.2) is 0 Å². The van der Waals surface area contributed by atoms with Crippen molar-refractivity contribution in [1.82, 2.24) is 0 Å². The summed E-state index contributed by atoms with van der Waals surface area (Å²) in [4.78, 5) is 12.0. The maximum Gasteiger partial charge on any atom is 0.416 e. The standard InChI is InChI=1S/C15H13F3N2O2/c1-22-11-5-2-9(3-6-11)14(21)20-13-7-4-10(8-12(13)19)15(16,17)18/h2-8H,19H2,1H3,(H,20,21). The number of carbonyl (C=O) groups excluding carboxylic acids is 1. The fourth-order valence-electron chi connectivity index (χ4n) is 1.79. The Morgan fingerprint density at radius 1 is 1.14 bits per heavy atom. The second kappa shape index (κ2) is 5.97. The summed E-state index contributed by atoms with van der Waals surface area (Å²) >= 11 is 0. The fourth-order valence-corrected chi connectivity index (χ4v) is 1.79. The van der Waals surface area contributed by atoms with Gasteiger partial charge in [-0.05, 0) is 42.5 Å². The minimum absolute atomic E-state index is 0.119. The molecule has 0 heterocycles. The number of amides is 1. The molecule has 0 aromatic heterocycles.